The van der Waals surface area contributed by atoms with Crippen LogP contribution in [0.15, 0.2) is 0 Å². The third-order valence-corrected chi connectivity index (χ3v) is 27.2. The molecule has 0 saturated heterocycles. The van der Waals surface area contributed by atoms with Crippen molar-refractivity contribution in [3.8, 4) is 0 Å². The molecule has 0 aromatic carbocycles. The van der Waals surface area contributed by atoms with Gasteiger partial charge in [-0.25, -0.2) is 0 Å². The van der Waals surface area contributed by atoms with Gasteiger partial charge in [0, 0.05) is 36.3 Å². The first-order valence-corrected chi connectivity index (χ1v) is 38.1. The predicted octanol–water partition coefficient (Wildman–Crippen LogP) is 20.2. The fourth-order valence-corrected chi connectivity index (χ4v) is 23.0. The number of carbonyl (C=O) groups is 2. The Morgan fingerprint density at radius 1 is 0.341 bits per heavy atom. The quantitative estimate of drug-likeness (QED) is 0.0635. The maximum absolute atomic E-state index is 13.4. The summed E-state index contributed by atoms with van der Waals surface area (Å²) in [5.74, 6) is 12.4. The maximum atomic E-state index is 13.4. The minimum Gasteiger partial charge on any atom is -0.466 e. The normalized spacial score (nSPS) is 41.7. The van der Waals surface area contributed by atoms with Crippen molar-refractivity contribution in [1.82, 2.24) is 9.80 Å². The minimum absolute atomic E-state index is 0.0989. The summed E-state index contributed by atoms with van der Waals surface area (Å²) in [4.78, 5) is 33.8. The molecule has 0 heterocycles. The second kappa shape index (κ2) is 31.9. The van der Waals surface area contributed by atoms with Gasteiger partial charge in [0.25, 0.3) is 0 Å². The Kier molecular flexibility index (Phi) is 24.8. The molecule has 6 nitrogen and oxygen atoms in total. The smallest absolute Gasteiger partial charge is 0.308 e. The highest BCUT2D eigenvalue weighted by molar-refractivity contribution is 5.72. The molecule has 10 aliphatic carbocycles. The first-order chi connectivity index (χ1) is 40.2. The molecule has 10 unspecified atom stereocenters. The summed E-state index contributed by atoms with van der Waals surface area (Å²) in [6, 6.07) is 4.58. The van der Waals surface area contributed by atoms with Gasteiger partial charge in [-0.2, -0.15) is 0 Å². The Balaban J connectivity index is 0.980. The lowest BCUT2D eigenvalue weighted by atomic mass is 9.41. The van der Waals surface area contributed by atoms with Gasteiger partial charge in [0.05, 0.1) is 25.0 Å². The van der Waals surface area contributed by atoms with E-state index in [1.165, 1.54) is 257 Å². The lowest BCUT2D eigenvalue weighted by Crippen LogP contribution is -2.67. The predicted molar refractivity (Wildman–Crippen MR) is 341 cm³/mol. The average Bonchev–Trinajstić information content (AvgIpc) is 1.55. The highest BCUT2D eigenvalue weighted by atomic mass is 16.5. The van der Waals surface area contributed by atoms with Crippen molar-refractivity contribution in [1.29, 1.82) is 0 Å². The van der Waals surface area contributed by atoms with E-state index in [2.05, 4.69) is 37.5 Å². The van der Waals surface area contributed by atoms with Crippen LogP contribution >= 0.6 is 0 Å². The lowest BCUT2D eigenvalue weighted by Gasteiger charge is -2.68. The molecule has 10 atom stereocenters. The second-order valence-corrected chi connectivity index (χ2v) is 31.8. The van der Waals surface area contributed by atoms with E-state index in [1.807, 2.05) is 13.8 Å². The number of nitrogens with zero attached hydrogens (tertiary/aromatic N) is 2. The highest BCUT2D eigenvalue weighted by Crippen LogP contribution is 2.67. The number of carbonyl (C=O) groups excluding carboxylic acids is 2. The van der Waals surface area contributed by atoms with Crippen molar-refractivity contribution in [3.63, 3.8) is 0 Å². The van der Waals surface area contributed by atoms with Gasteiger partial charge >= 0.3 is 11.9 Å². The number of rotatable bonds is 26. The van der Waals surface area contributed by atoms with Gasteiger partial charge in [-0.15, -0.1) is 0 Å². The van der Waals surface area contributed by atoms with Crippen LogP contribution in [-0.2, 0) is 19.1 Å². The SMILES string of the molecule is CCCCCCCCC1CCC(N(C2CCC(C)CC2)C2CC(C3CCC(C(=O)OCC)CC3)C3CCC4C5C(CCC2C35)C(C2CCC(C(=O)OCC)CC2)CC4N(C2CCC(C)CC2)C2CCC(CCCCCCCC)CC2)CC1. The van der Waals surface area contributed by atoms with Crippen LogP contribution < -0.4 is 0 Å². The molecule has 0 aromatic heterocycles. The van der Waals surface area contributed by atoms with Crippen LogP contribution in [0.2, 0.25) is 0 Å². The first kappa shape index (κ1) is 63.9. The number of hydrogen-bond donors (Lipinski definition) is 0. The van der Waals surface area contributed by atoms with Crippen LogP contribution in [-0.4, -0.2) is 71.2 Å². The Hall–Kier alpha value is -1.14. The summed E-state index contributed by atoms with van der Waals surface area (Å²) in [5, 5.41) is 0. The van der Waals surface area contributed by atoms with Crippen molar-refractivity contribution in [2.45, 2.75) is 360 Å². The lowest BCUT2D eigenvalue weighted by molar-refractivity contribution is -0.190. The minimum atomic E-state index is 0.0989. The van der Waals surface area contributed by atoms with Gasteiger partial charge in [-0.3, -0.25) is 19.4 Å². The number of unbranched alkanes of at least 4 members (excludes halogenated alkanes) is 10. The molecule has 470 valence electrons. The Bertz CT molecular complexity index is 1710. The van der Waals surface area contributed by atoms with E-state index >= 15 is 0 Å². The van der Waals surface area contributed by atoms with Crippen LogP contribution in [0.3, 0.4) is 0 Å². The Morgan fingerprint density at radius 3 is 1.00 bits per heavy atom. The molecule has 10 fully saturated rings. The van der Waals surface area contributed by atoms with Crippen molar-refractivity contribution in [2.75, 3.05) is 13.2 Å². The largest absolute Gasteiger partial charge is 0.466 e. The van der Waals surface area contributed by atoms with Crippen molar-refractivity contribution < 1.29 is 19.1 Å². The van der Waals surface area contributed by atoms with Crippen LogP contribution in [0.5, 0.6) is 0 Å². The van der Waals surface area contributed by atoms with Crippen molar-refractivity contribution in [2.24, 2.45) is 94.7 Å². The summed E-state index contributed by atoms with van der Waals surface area (Å²) in [7, 11) is 0. The van der Waals surface area contributed by atoms with Crippen LogP contribution in [0, 0.1) is 94.7 Å². The molecule has 10 aliphatic rings. The van der Waals surface area contributed by atoms with Crippen molar-refractivity contribution >= 4 is 11.9 Å². The zero-order chi connectivity index (χ0) is 57.0. The van der Waals surface area contributed by atoms with E-state index in [4.69, 9.17) is 9.47 Å². The topological polar surface area (TPSA) is 59.1 Å². The molecule has 0 N–H and O–H groups in total. The van der Waals surface area contributed by atoms with E-state index in [1.54, 1.807) is 0 Å². The monoisotopic (exact) mass is 1140 g/mol. The van der Waals surface area contributed by atoms with E-state index < -0.39 is 0 Å². The third kappa shape index (κ3) is 15.6. The Labute approximate surface area is 506 Å². The number of ether oxygens (including phenoxy) is 2. The van der Waals surface area contributed by atoms with E-state index in [-0.39, 0.29) is 23.8 Å². The molecule has 0 amide bonds. The summed E-state index contributed by atoms with van der Waals surface area (Å²) >= 11 is 0. The van der Waals surface area contributed by atoms with Crippen molar-refractivity contribution in [3.05, 3.63) is 0 Å². The van der Waals surface area contributed by atoms with Gasteiger partial charge in [-0.1, -0.05) is 118 Å². The fraction of sp³-hybridized carbons (Fsp3) is 0.974. The molecule has 82 heavy (non-hydrogen) atoms. The third-order valence-electron chi connectivity index (χ3n) is 27.2. The number of esters is 2. The molecular formula is C76H132N2O4. The number of hydrogen-bond acceptors (Lipinski definition) is 6. The molecule has 0 aromatic rings. The van der Waals surface area contributed by atoms with Gasteiger partial charge in [0.15, 0.2) is 0 Å². The molecule has 0 bridgehead atoms. The van der Waals surface area contributed by atoms with E-state index in [0.717, 1.165) is 145 Å². The molecule has 0 radical (unpaired) electrons. The van der Waals surface area contributed by atoms with Gasteiger partial charge in [-0.05, 0) is 289 Å². The molecule has 6 heteroatoms. The van der Waals surface area contributed by atoms with E-state index in [0.29, 0.717) is 13.2 Å². The summed E-state index contributed by atoms with van der Waals surface area (Å²) in [6.07, 6.45) is 61.5. The zero-order valence-corrected chi connectivity index (χ0v) is 54.8. The first-order valence-electron chi connectivity index (χ1n) is 38.1. The zero-order valence-electron chi connectivity index (χ0n) is 54.8. The molecule has 10 rings (SSSR count). The second-order valence-electron chi connectivity index (χ2n) is 31.8. The fourth-order valence-electron chi connectivity index (χ4n) is 23.0. The Morgan fingerprint density at radius 2 is 0.659 bits per heavy atom. The highest BCUT2D eigenvalue weighted by Gasteiger charge is 2.63. The van der Waals surface area contributed by atoms with Gasteiger partial charge in [0.2, 0.25) is 0 Å². The summed E-state index contributed by atoms with van der Waals surface area (Å²) < 4.78 is 11.5. The molecule has 10 saturated carbocycles. The van der Waals surface area contributed by atoms with Gasteiger partial charge in [0.1, 0.15) is 0 Å². The van der Waals surface area contributed by atoms with Crippen LogP contribution in [0.4, 0.5) is 0 Å². The average molecular weight is 1140 g/mol. The maximum Gasteiger partial charge on any atom is 0.308 e. The van der Waals surface area contributed by atoms with Gasteiger partial charge < -0.3 is 9.47 Å². The summed E-state index contributed by atoms with van der Waals surface area (Å²) in [5.41, 5.74) is 0. The van der Waals surface area contributed by atoms with Crippen LogP contribution in [0.25, 0.3) is 0 Å². The van der Waals surface area contributed by atoms with E-state index in [9.17, 15) is 9.59 Å². The molecule has 0 spiro atoms. The standard InChI is InChI=1S/C76H132N2O4/c1-7-11-13-15-17-19-21-55-27-43-63(44-28-55)77(61-39-23-53(5)24-40-61)71-51-69(57-31-35-59(36-32-57)75(79)81-9-3)65-48-50-68-72(52-70(66-47-49-67(71)73(65)74(66)68)58-33-37-60(38-34-58)76(80)82-10-4)78(62-41-25-54(6)26-42-62)64-45-29-56(30-46-64)22-20-18-16-14-12-8-2/h53-74H,7-52H2,1-6H3. The molecule has 0 aliphatic heterocycles. The van der Waals surface area contributed by atoms with Crippen LogP contribution in [0.1, 0.15) is 324 Å². The molecular weight excluding hydrogens is 1000 g/mol. The summed E-state index contributed by atoms with van der Waals surface area (Å²) in [6.45, 7) is 14.9.